The van der Waals surface area contributed by atoms with Crippen LogP contribution in [0.5, 0.6) is 0 Å². The predicted molar refractivity (Wildman–Crippen MR) is 72.5 cm³/mol. The van der Waals surface area contributed by atoms with Gasteiger partial charge in [0.1, 0.15) is 0 Å². The topological polar surface area (TPSA) is 52.6 Å². The molecule has 0 saturated heterocycles. The molecule has 0 aliphatic heterocycles. The summed E-state index contributed by atoms with van der Waals surface area (Å²) in [5.41, 5.74) is 0. The van der Waals surface area contributed by atoms with E-state index < -0.39 is 17.9 Å². The smallest absolute Gasteiger partial charge is 0.320 e. The van der Waals surface area contributed by atoms with Crippen LogP contribution in [0.2, 0.25) is 0 Å². The molecule has 4 heteroatoms. The Kier molecular flexibility index (Phi) is 6.89. The maximum Gasteiger partial charge on any atom is 0.320 e. The summed E-state index contributed by atoms with van der Waals surface area (Å²) in [5, 5.41) is 0. The molecule has 0 heterocycles. The molecule has 1 saturated carbocycles. The maximum atomic E-state index is 12.0. The van der Waals surface area contributed by atoms with Gasteiger partial charge in [-0.1, -0.05) is 39.0 Å². The van der Waals surface area contributed by atoms with Crippen LogP contribution >= 0.6 is 0 Å². The van der Waals surface area contributed by atoms with E-state index in [0.29, 0.717) is 19.1 Å². The number of hydrogen-bond acceptors (Lipinski definition) is 4. The second-order valence-electron chi connectivity index (χ2n) is 5.24. The molecule has 19 heavy (non-hydrogen) atoms. The predicted octanol–water partition coefficient (Wildman–Crippen LogP) is 2.95. The lowest BCUT2D eigenvalue weighted by Gasteiger charge is -2.31. The average molecular weight is 270 g/mol. The highest BCUT2D eigenvalue weighted by Gasteiger charge is 2.39. The second-order valence-corrected chi connectivity index (χ2v) is 5.24. The molecule has 0 aromatic rings. The van der Waals surface area contributed by atoms with Crippen molar-refractivity contribution < 1.29 is 19.1 Å². The Morgan fingerprint density at radius 3 is 1.89 bits per heavy atom. The van der Waals surface area contributed by atoms with Crippen LogP contribution in [0.25, 0.3) is 0 Å². The quantitative estimate of drug-likeness (QED) is 0.550. The first-order valence-electron chi connectivity index (χ1n) is 7.45. The summed E-state index contributed by atoms with van der Waals surface area (Å²) < 4.78 is 10.1. The summed E-state index contributed by atoms with van der Waals surface area (Å²) in [6.07, 6.45) is 5.82. The lowest BCUT2D eigenvalue weighted by atomic mass is 9.75. The molecule has 1 atom stereocenters. The molecule has 1 fully saturated rings. The molecule has 0 spiro atoms. The van der Waals surface area contributed by atoms with Gasteiger partial charge in [-0.2, -0.15) is 0 Å². The minimum atomic E-state index is -0.761. The normalized spacial score (nSPS) is 18.1. The van der Waals surface area contributed by atoms with Gasteiger partial charge in [0.15, 0.2) is 5.92 Å². The molecule has 0 unspecified atom stereocenters. The van der Waals surface area contributed by atoms with Crippen LogP contribution in [0.1, 0.15) is 52.9 Å². The molecule has 0 N–H and O–H groups in total. The summed E-state index contributed by atoms with van der Waals surface area (Å²) >= 11 is 0. The fraction of sp³-hybridized carbons (Fsp3) is 0.867. The van der Waals surface area contributed by atoms with Crippen molar-refractivity contribution in [1.82, 2.24) is 0 Å². The molecular formula is C15H26O4. The lowest BCUT2D eigenvalue weighted by Crippen LogP contribution is -2.37. The molecule has 0 bridgehead atoms. The molecule has 110 valence electrons. The summed E-state index contributed by atoms with van der Waals surface area (Å²) in [7, 11) is 0. The van der Waals surface area contributed by atoms with Gasteiger partial charge >= 0.3 is 11.9 Å². The van der Waals surface area contributed by atoms with Crippen molar-refractivity contribution in [1.29, 1.82) is 0 Å². The second kappa shape index (κ2) is 8.18. The lowest BCUT2D eigenvalue weighted by molar-refractivity contribution is -0.165. The minimum Gasteiger partial charge on any atom is -0.465 e. The van der Waals surface area contributed by atoms with E-state index in [4.69, 9.17) is 9.47 Å². The Morgan fingerprint density at radius 2 is 1.47 bits per heavy atom. The Labute approximate surface area is 115 Å². The number of esters is 2. The number of carbonyl (C=O) groups is 2. The van der Waals surface area contributed by atoms with Crippen molar-refractivity contribution in [3.8, 4) is 0 Å². The van der Waals surface area contributed by atoms with Crippen molar-refractivity contribution in [3.63, 3.8) is 0 Å². The number of hydrogen-bond donors (Lipinski definition) is 0. The van der Waals surface area contributed by atoms with Gasteiger partial charge in [-0.3, -0.25) is 9.59 Å². The molecule has 0 aromatic heterocycles. The van der Waals surface area contributed by atoms with Gasteiger partial charge in [0, 0.05) is 0 Å². The van der Waals surface area contributed by atoms with Gasteiger partial charge < -0.3 is 9.47 Å². The highest BCUT2D eigenvalue weighted by Crippen LogP contribution is 2.34. The highest BCUT2D eigenvalue weighted by molar-refractivity contribution is 5.95. The zero-order valence-electron chi connectivity index (χ0n) is 12.3. The Bertz CT molecular complexity index is 277. The first kappa shape index (κ1) is 16.0. The monoisotopic (exact) mass is 270 g/mol. The number of rotatable bonds is 6. The van der Waals surface area contributed by atoms with E-state index in [1.54, 1.807) is 13.8 Å². The van der Waals surface area contributed by atoms with E-state index in [2.05, 4.69) is 0 Å². The van der Waals surface area contributed by atoms with E-state index in [-0.39, 0.29) is 5.92 Å². The van der Waals surface area contributed by atoms with Crippen LogP contribution in [0.15, 0.2) is 0 Å². The van der Waals surface area contributed by atoms with Crippen molar-refractivity contribution in [2.75, 3.05) is 13.2 Å². The van der Waals surface area contributed by atoms with E-state index >= 15 is 0 Å². The summed E-state index contributed by atoms with van der Waals surface area (Å²) in [5.74, 6) is -1.20. The molecule has 4 nitrogen and oxygen atoms in total. The van der Waals surface area contributed by atoms with Gasteiger partial charge in [-0.25, -0.2) is 0 Å². The van der Waals surface area contributed by atoms with Crippen molar-refractivity contribution >= 4 is 11.9 Å². The average Bonchev–Trinajstić information content (AvgIpc) is 2.40. The molecule has 0 amide bonds. The molecular weight excluding hydrogens is 244 g/mol. The third-order valence-electron chi connectivity index (χ3n) is 4.00. The fourth-order valence-electron chi connectivity index (χ4n) is 2.92. The summed E-state index contributed by atoms with van der Waals surface area (Å²) in [4.78, 5) is 24.0. The first-order valence-corrected chi connectivity index (χ1v) is 7.45. The standard InChI is InChI=1S/C15H26O4/c1-4-18-14(16)13(15(17)19-5-2)11(3)12-9-7-6-8-10-12/h11-13H,4-10H2,1-3H3/t11-/m0/s1. The molecule has 1 aliphatic rings. The van der Waals surface area contributed by atoms with E-state index in [1.807, 2.05) is 6.92 Å². The molecule has 1 aliphatic carbocycles. The van der Waals surface area contributed by atoms with Gasteiger partial charge in [0.25, 0.3) is 0 Å². The Hall–Kier alpha value is -1.06. The number of carbonyl (C=O) groups excluding carboxylic acids is 2. The molecule has 0 radical (unpaired) electrons. The SMILES string of the molecule is CCOC(=O)C(C(=O)OCC)[C@@H](C)C1CCCCC1. The van der Waals surface area contributed by atoms with Gasteiger partial charge in [0.05, 0.1) is 13.2 Å². The fourth-order valence-corrected chi connectivity index (χ4v) is 2.92. The van der Waals surface area contributed by atoms with Gasteiger partial charge in [-0.15, -0.1) is 0 Å². The highest BCUT2D eigenvalue weighted by atomic mass is 16.6. The van der Waals surface area contributed by atoms with E-state index in [0.717, 1.165) is 12.8 Å². The van der Waals surface area contributed by atoms with Crippen molar-refractivity contribution in [2.45, 2.75) is 52.9 Å². The van der Waals surface area contributed by atoms with Crippen LogP contribution in [-0.2, 0) is 19.1 Å². The summed E-state index contributed by atoms with van der Waals surface area (Å²) in [6.45, 7) is 6.09. The third kappa shape index (κ3) is 4.51. The van der Waals surface area contributed by atoms with E-state index in [1.165, 1.54) is 19.3 Å². The zero-order chi connectivity index (χ0) is 14.3. The summed E-state index contributed by atoms with van der Waals surface area (Å²) in [6, 6.07) is 0. The number of ether oxygens (including phenoxy) is 2. The van der Waals surface area contributed by atoms with Gasteiger partial charge in [0.2, 0.25) is 0 Å². The van der Waals surface area contributed by atoms with Crippen LogP contribution in [0.3, 0.4) is 0 Å². The zero-order valence-corrected chi connectivity index (χ0v) is 12.3. The Balaban J connectivity index is 2.75. The molecule has 0 aromatic carbocycles. The third-order valence-corrected chi connectivity index (χ3v) is 4.00. The van der Waals surface area contributed by atoms with Crippen LogP contribution in [0.4, 0.5) is 0 Å². The van der Waals surface area contributed by atoms with Gasteiger partial charge in [-0.05, 0) is 25.7 Å². The van der Waals surface area contributed by atoms with Crippen LogP contribution in [-0.4, -0.2) is 25.2 Å². The largest absolute Gasteiger partial charge is 0.465 e. The van der Waals surface area contributed by atoms with Crippen molar-refractivity contribution in [2.24, 2.45) is 17.8 Å². The minimum absolute atomic E-state index is 0.00148. The van der Waals surface area contributed by atoms with E-state index in [9.17, 15) is 9.59 Å². The van der Waals surface area contributed by atoms with Crippen LogP contribution < -0.4 is 0 Å². The first-order chi connectivity index (χ1) is 9.11. The van der Waals surface area contributed by atoms with Crippen LogP contribution in [0, 0.1) is 17.8 Å². The molecule has 1 rings (SSSR count). The maximum absolute atomic E-state index is 12.0. The van der Waals surface area contributed by atoms with Crippen molar-refractivity contribution in [3.05, 3.63) is 0 Å². The Morgan fingerprint density at radius 1 is 1.00 bits per heavy atom.